The molecule has 0 saturated heterocycles. The number of phenolic OH excluding ortho intramolecular Hbond substituents is 1. The fraction of sp³-hybridized carbons (Fsp3) is 0.136. The largest absolute Gasteiger partial charge is 0.508 e. The van der Waals surface area contributed by atoms with Crippen molar-refractivity contribution in [2.75, 3.05) is 0 Å². The highest BCUT2D eigenvalue weighted by Gasteiger charge is 2.13. The van der Waals surface area contributed by atoms with Gasteiger partial charge >= 0.3 is 5.97 Å². The lowest BCUT2D eigenvalue weighted by atomic mass is 10.1. The molecular formula is C22H19NO3. The molecule has 4 heteroatoms. The van der Waals surface area contributed by atoms with Gasteiger partial charge in [-0.15, -0.1) is 0 Å². The number of rotatable bonds is 4. The number of nitrogens with zero attached hydrogens (tertiary/aromatic N) is 1. The van der Waals surface area contributed by atoms with Gasteiger partial charge in [0.2, 0.25) is 0 Å². The average molecular weight is 345 g/mol. The maximum atomic E-state index is 11.6. The molecule has 0 saturated carbocycles. The third kappa shape index (κ3) is 2.90. The molecule has 0 amide bonds. The number of esters is 1. The molecular weight excluding hydrogens is 326 g/mol. The smallest absolute Gasteiger partial charge is 0.310 e. The minimum absolute atomic E-state index is 0.250. The summed E-state index contributed by atoms with van der Waals surface area (Å²) >= 11 is 0. The molecule has 0 aliphatic heterocycles. The topological polar surface area (TPSA) is 51.5 Å². The molecule has 3 aromatic carbocycles. The van der Waals surface area contributed by atoms with Crippen LogP contribution in [0.2, 0.25) is 0 Å². The van der Waals surface area contributed by atoms with E-state index in [2.05, 4.69) is 16.7 Å². The van der Waals surface area contributed by atoms with Gasteiger partial charge < -0.3 is 14.4 Å². The normalized spacial score (nSPS) is 11.1. The lowest BCUT2D eigenvalue weighted by Gasteiger charge is -2.09. The van der Waals surface area contributed by atoms with Crippen molar-refractivity contribution in [3.05, 3.63) is 72.3 Å². The zero-order valence-electron chi connectivity index (χ0n) is 14.5. The monoisotopic (exact) mass is 345 g/mol. The van der Waals surface area contributed by atoms with Crippen molar-refractivity contribution in [1.82, 2.24) is 4.57 Å². The van der Waals surface area contributed by atoms with Gasteiger partial charge in [0.25, 0.3) is 0 Å². The van der Waals surface area contributed by atoms with E-state index in [0.717, 1.165) is 27.4 Å². The fourth-order valence-electron chi connectivity index (χ4n) is 3.30. The Morgan fingerprint density at radius 3 is 2.58 bits per heavy atom. The second-order valence-corrected chi connectivity index (χ2v) is 6.28. The van der Waals surface area contributed by atoms with Crippen molar-refractivity contribution >= 4 is 27.8 Å². The number of carbonyl (C=O) groups excluding carboxylic acids is 1. The van der Waals surface area contributed by atoms with E-state index in [4.69, 9.17) is 4.74 Å². The number of aromatic hydroxyl groups is 1. The first-order valence-electron chi connectivity index (χ1n) is 8.65. The van der Waals surface area contributed by atoms with Crippen molar-refractivity contribution in [2.24, 2.45) is 0 Å². The second-order valence-electron chi connectivity index (χ2n) is 6.28. The van der Waals surface area contributed by atoms with Crippen LogP contribution in [-0.2, 0) is 11.3 Å². The lowest BCUT2D eigenvalue weighted by Crippen LogP contribution is -2.05. The molecule has 4 nitrogen and oxygen atoms in total. The van der Waals surface area contributed by atoms with E-state index >= 15 is 0 Å². The summed E-state index contributed by atoms with van der Waals surface area (Å²) in [7, 11) is 0. The van der Waals surface area contributed by atoms with Gasteiger partial charge in [0.1, 0.15) is 11.5 Å². The minimum atomic E-state index is -0.250. The molecule has 0 radical (unpaired) electrons. The average Bonchev–Trinajstić information content (AvgIpc) is 2.95. The first kappa shape index (κ1) is 16.2. The van der Waals surface area contributed by atoms with Gasteiger partial charge in [-0.3, -0.25) is 4.79 Å². The number of ether oxygens (including phenoxy) is 1. The molecule has 1 aromatic heterocycles. The number of hydrogen-bond donors (Lipinski definition) is 1. The van der Waals surface area contributed by atoms with Crippen molar-refractivity contribution < 1.29 is 14.6 Å². The molecule has 0 aliphatic rings. The van der Waals surface area contributed by atoms with Crippen LogP contribution in [0.25, 0.3) is 21.8 Å². The standard InChI is InChI=1S/C22H19NO3/c1-2-22(25)26-17-10-11-19-18-8-3-4-9-20(18)23(21(19)13-17)14-15-6-5-7-16(24)12-15/h3-13,24H,2,14H2,1H3. The number of aromatic nitrogens is 1. The predicted octanol–water partition coefficient (Wildman–Crippen LogP) is 4.86. The highest BCUT2D eigenvalue weighted by molar-refractivity contribution is 6.08. The van der Waals surface area contributed by atoms with Crippen LogP contribution < -0.4 is 4.74 Å². The van der Waals surface area contributed by atoms with Crippen LogP contribution in [0.1, 0.15) is 18.9 Å². The number of fused-ring (bicyclic) bond motifs is 3. The molecule has 1 heterocycles. The van der Waals surface area contributed by atoms with Crippen LogP contribution in [0.4, 0.5) is 0 Å². The molecule has 26 heavy (non-hydrogen) atoms. The van der Waals surface area contributed by atoms with Gasteiger partial charge in [-0.25, -0.2) is 0 Å². The fourth-order valence-corrected chi connectivity index (χ4v) is 3.30. The summed E-state index contributed by atoms with van der Waals surface area (Å²) in [6.07, 6.45) is 0.338. The van der Waals surface area contributed by atoms with E-state index in [9.17, 15) is 9.90 Å². The van der Waals surface area contributed by atoms with E-state index in [1.165, 1.54) is 0 Å². The van der Waals surface area contributed by atoms with Crippen molar-refractivity contribution in [3.8, 4) is 11.5 Å². The summed E-state index contributed by atoms with van der Waals surface area (Å²) < 4.78 is 7.58. The zero-order chi connectivity index (χ0) is 18.1. The van der Waals surface area contributed by atoms with Crippen molar-refractivity contribution in [1.29, 1.82) is 0 Å². The first-order chi connectivity index (χ1) is 12.7. The molecule has 1 N–H and O–H groups in total. The maximum Gasteiger partial charge on any atom is 0.310 e. The van der Waals surface area contributed by atoms with Gasteiger partial charge in [-0.05, 0) is 35.9 Å². The quantitative estimate of drug-likeness (QED) is 0.424. The first-order valence-corrected chi connectivity index (χ1v) is 8.65. The Morgan fingerprint density at radius 1 is 0.962 bits per heavy atom. The Kier molecular flexibility index (Phi) is 4.09. The van der Waals surface area contributed by atoms with E-state index in [1.54, 1.807) is 19.1 Å². The highest BCUT2D eigenvalue weighted by atomic mass is 16.5. The molecule has 4 aromatic rings. The lowest BCUT2D eigenvalue weighted by molar-refractivity contribution is -0.134. The van der Waals surface area contributed by atoms with Crippen LogP contribution in [-0.4, -0.2) is 15.6 Å². The van der Waals surface area contributed by atoms with Gasteiger partial charge in [0.05, 0.1) is 5.52 Å². The predicted molar refractivity (Wildman–Crippen MR) is 103 cm³/mol. The summed E-state index contributed by atoms with van der Waals surface area (Å²) in [6.45, 7) is 2.39. The van der Waals surface area contributed by atoms with E-state index in [0.29, 0.717) is 18.7 Å². The number of carbonyl (C=O) groups is 1. The third-order valence-corrected chi connectivity index (χ3v) is 4.52. The van der Waals surface area contributed by atoms with E-state index in [-0.39, 0.29) is 11.7 Å². The van der Waals surface area contributed by atoms with E-state index < -0.39 is 0 Å². The zero-order valence-corrected chi connectivity index (χ0v) is 14.5. The summed E-state index contributed by atoms with van der Waals surface area (Å²) in [5, 5.41) is 12.0. The summed E-state index contributed by atoms with van der Waals surface area (Å²) in [5.74, 6) is 0.546. The molecule has 0 bridgehead atoms. The summed E-state index contributed by atoms with van der Waals surface area (Å²) in [4.78, 5) is 11.6. The van der Waals surface area contributed by atoms with Crippen LogP contribution in [0.15, 0.2) is 66.7 Å². The van der Waals surface area contributed by atoms with Crippen molar-refractivity contribution in [2.45, 2.75) is 19.9 Å². The molecule has 0 aliphatic carbocycles. The molecule has 4 rings (SSSR count). The molecule has 130 valence electrons. The number of hydrogen-bond acceptors (Lipinski definition) is 3. The minimum Gasteiger partial charge on any atom is -0.508 e. The Bertz CT molecular complexity index is 1110. The second kappa shape index (κ2) is 6.56. The van der Waals surface area contributed by atoms with Crippen LogP contribution in [0, 0.1) is 0 Å². The third-order valence-electron chi connectivity index (χ3n) is 4.52. The molecule has 0 fully saturated rings. The van der Waals surface area contributed by atoms with Gasteiger partial charge in [-0.2, -0.15) is 0 Å². The molecule has 0 atom stereocenters. The van der Waals surface area contributed by atoms with Crippen LogP contribution in [0.5, 0.6) is 11.5 Å². The molecule has 0 spiro atoms. The van der Waals surface area contributed by atoms with Crippen LogP contribution in [0.3, 0.4) is 0 Å². The van der Waals surface area contributed by atoms with E-state index in [1.807, 2.05) is 42.5 Å². The highest BCUT2D eigenvalue weighted by Crippen LogP contribution is 2.32. The van der Waals surface area contributed by atoms with Gasteiger partial charge in [-0.1, -0.05) is 37.3 Å². The Hall–Kier alpha value is -3.27. The Labute approximate surface area is 151 Å². The number of para-hydroxylation sites is 1. The summed E-state index contributed by atoms with van der Waals surface area (Å²) in [5.41, 5.74) is 3.10. The number of phenols is 1. The Balaban J connectivity index is 1.89. The SMILES string of the molecule is CCC(=O)Oc1ccc2c3ccccc3n(Cc3cccc(O)c3)c2c1. The van der Waals surface area contributed by atoms with Crippen molar-refractivity contribution in [3.63, 3.8) is 0 Å². The van der Waals surface area contributed by atoms with Gasteiger partial charge in [0.15, 0.2) is 0 Å². The van der Waals surface area contributed by atoms with Gasteiger partial charge in [0, 0.05) is 35.3 Å². The number of benzene rings is 3. The maximum absolute atomic E-state index is 11.6. The van der Waals surface area contributed by atoms with Crippen LogP contribution >= 0.6 is 0 Å². The Morgan fingerprint density at radius 2 is 1.77 bits per heavy atom. The molecule has 0 unspecified atom stereocenters. The summed E-state index contributed by atoms with van der Waals surface area (Å²) in [6, 6.07) is 21.2.